The van der Waals surface area contributed by atoms with Gasteiger partial charge in [-0.05, 0) is 39.5 Å². The molecule has 0 spiro atoms. The molecule has 0 radical (unpaired) electrons. The van der Waals surface area contributed by atoms with Crippen LogP contribution in [0.3, 0.4) is 0 Å². The van der Waals surface area contributed by atoms with Crippen LogP contribution in [0.25, 0.3) is 0 Å². The maximum atomic E-state index is 11.6. The van der Waals surface area contributed by atoms with Crippen LogP contribution in [-0.2, 0) is 9.53 Å². The highest BCUT2D eigenvalue weighted by atomic mass is 32.2. The molecule has 0 aromatic carbocycles. The van der Waals surface area contributed by atoms with Crippen molar-refractivity contribution in [1.29, 1.82) is 0 Å². The molecule has 0 aliphatic heterocycles. The molecule has 2 N–H and O–H groups in total. The summed E-state index contributed by atoms with van der Waals surface area (Å²) >= 11 is 1.77. The summed E-state index contributed by atoms with van der Waals surface area (Å²) in [6.45, 7) is 5.71. The van der Waals surface area contributed by atoms with Gasteiger partial charge < -0.3 is 15.2 Å². The van der Waals surface area contributed by atoms with Gasteiger partial charge in [-0.2, -0.15) is 11.8 Å². The number of aliphatic hydroxyl groups excluding tert-OH is 1. The minimum absolute atomic E-state index is 0.213. The van der Waals surface area contributed by atoms with Gasteiger partial charge in [0.15, 0.2) is 0 Å². The third-order valence-corrected chi connectivity index (χ3v) is 4.76. The third kappa shape index (κ3) is 6.07. The van der Waals surface area contributed by atoms with Crippen LogP contribution in [0.5, 0.6) is 0 Å². The van der Waals surface area contributed by atoms with Crippen molar-refractivity contribution >= 4 is 17.7 Å². The van der Waals surface area contributed by atoms with Crippen LogP contribution in [0.4, 0.5) is 0 Å². The number of ether oxygens (including phenoxy) is 1. The summed E-state index contributed by atoms with van der Waals surface area (Å²) < 4.78 is 4.79. The van der Waals surface area contributed by atoms with E-state index >= 15 is 0 Å². The number of esters is 1. The minimum atomic E-state index is -0.588. The Kier molecular flexibility index (Phi) is 8.65. The third-order valence-electron chi connectivity index (χ3n) is 3.32. The number of carbonyl (C=O) groups is 1. The van der Waals surface area contributed by atoms with Crippen LogP contribution in [0.1, 0.15) is 40.0 Å². The van der Waals surface area contributed by atoms with Crippen LogP contribution in [-0.4, -0.2) is 47.9 Å². The van der Waals surface area contributed by atoms with Gasteiger partial charge in [-0.15, -0.1) is 0 Å². The van der Waals surface area contributed by atoms with Gasteiger partial charge in [0.2, 0.25) is 0 Å². The van der Waals surface area contributed by atoms with E-state index in [0.717, 1.165) is 25.0 Å². The van der Waals surface area contributed by atoms with Crippen LogP contribution in [0, 0.1) is 0 Å². The smallest absolute Gasteiger partial charge is 0.325 e. The maximum absolute atomic E-state index is 11.6. The predicted molar refractivity (Wildman–Crippen MR) is 76.9 cm³/mol. The monoisotopic (exact) mass is 277 g/mol. The molecule has 5 heteroatoms. The zero-order valence-corrected chi connectivity index (χ0v) is 13.0. The lowest BCUT2D eigenvalue weighted by molar-refractivity contribution is -0.148. The average molecular weight is 277 g/mol. The number of likely N-dealkylation sites (N-methyl/N-ethyl adjacent to an activating group) is 1. The summed E-state index contributed by atoms with van der Waals surface area (Å²) in [6, 6.07) is 0. The fraction of sp³-hybridized carbons (Fsp3) is 0.923. The first-order valence-corrected chi connectivity index (χ1v) is 7.49. The maximum Gasteiger partial charge on any atom is 0.325 e. The molecule has 0 bridgehead atoms. The van der Waals surface area contributed by atoms with Crippen molar-refractivity contribution < 1.29 is 14.6 Å². The molecule has 3 atom stereocenters. The Morgan fingerprint density at radius 3 is 2.50 bits per heavy atom. The number of nitrogens with one attached hydrogen (secondary N) is 1. The molecular formula is C13H27NO3S. The summed E-state index contributed by atoms with van der Waals surface area (Å²) in [4.78, 5) is 11.6. The Balaban J connectivity index is 3.86. The van der Waals surface area contributed by atoms with Gasteiger partial charge in [-0.1, -0.05) is 13.3 Å². The Morgan fingerprint density at radius 1 is 1.44 bits per heavy atom. The van der Waals surface area contributed by atoms with Crippen molar-refractivity contribution in [3.8, 4) is 0 Å². The van der Waals surface area contributed by atoms with Gasteiger partial charge in [-0.3, -0.25) is 4.79 Å². The Morgan fingerprint density at radius 2 is 2.06 bits per heavy atom. The number of thioether (sulfide) groups is 1. The number of hydrogen-bond acceptors (Lipinski definition) is 5. The van der Waals surface area contributed by atoms with E-state index in [4.69, 9.17) is 4.74 Å². The summed E-state index contributed by atoms with van der Waals surface area (Å²) in [5.74, 6) is 0.794. The molecule has 0 fully saturated rings. The fourth-order valence-electron chi connectivity index (χ4n) is 1.54. The molecule has 0 saturated heterocycles. The minimum Gasteiger partial charge on any atom is -0.468 e. The van der Waals surface area contributed by atoms with Gasteiger partial charge in [0.25, 0.3) is 0 Å². The largest absolute Gasteiger partial charge is 0.468 e. The quantitative estimate of drug-likeness (QED) is 0.497. The van der Waals surface area contributed by atoms with E-state index < -0.39 is 5.54 Å². The topological polar surface area (TPSA) is 58.6 Å². The predicted octanol–water partition coefficient (Wildman–Crippen LogP) is 1.81. The Labute approximate surface area is 115 Å². The second-order valence-electron chi connectivity index (χ2n) is 4.85. The molecule has 3 unspecified atom stereocenters. The molecule has 0 aliphatic carbocycles. The second-order valence-corrected chi connectivity index (χ2v) is 6.33. The van der Waals surface area contributed by atoms with Crippen LogP contribution in [0.15, 0.2) is 0 Å². The van der Waals surface area contributed by atoms with Crippen molar-refractivity contribution in [3.05, 3.63) is 0 Å². The summed E-state index contributed by atoms with van der Waals surface area (Å²) in [6.07, 6.45) is 2.49. The highest BCUT2D eigenvalue weighted by molar-refractivity contribution is 7.99. The highest BCUT2D eigenvalue weighted by Gasteiger charge is 2.31. The molecule has 18 heavy (non-hydrogen) atoms. The van der Waals surface area contributed by atoms with Crippen molar-refractivity contribution in [2.24, 2.45) is 0 Å². The van der Waals surface area contributed by atoms with E-state index in [1.807, 2.05) is 20.8 Å². The van der Waals surface area contributed by atoms with Crippen molar-refractivity contribution in [2.75, 3.05) is 19.9 Å². The number of carbonyl (C=O) groups excluding carboxylic acids is 1. The molecular weight excluding hydrogens is 250 g/mol. The van der Waals surface area contributed by atoms with E-state index in [1.54, 1.807) is 18.8 Å². The van der Waals surface area contributed by atoms with Crippen molar-refractivity contribution in [2.45, 2.75) is 56.9 Å². The van der Waals surface area contributed by atoms with Crippen LogP contribution >= 0.6 is 11.8 Å². The first kappa shape index (κ1) is 17.7. The molecule has 0 saturated carbocycles. The van der Waals surface area contributed by atoms with Gasteiger partial charge in [0.1, 0.15) is 5.54 Å². The average Bonchev–Trinajstić information content (AvgIpc) is 2.36. The summed E-state index contributed by atoms with van der Waals surface area (Å²) in [5.41, 5.74) is -0.588. The lowest BCUT2D eigenvalue weighted by Gasteiger charge is -2.26. The fourth-order valence-corrected chi connectivity index (χ4v) is 2.56. The first-order valence-electron chi connectivity index (χ1n) is 6.44. The van der Waals surface area contributed by atoms with Crippen LogP contribution in [0.2, 0.25) is 0 Å². The molecule has 0 aliphatic rings. The Hall–Kier alpha value is -0.260. The van der Waals surface area contributed by atoms with E-state index in [2.05, 4.69) is 5.32 Å². The zero-order chi connectivity index (χ0) is 14.2. The molecule has 108 valence electrons. The van der Waals surface area contributed by atoms with E-state index in [1.165, 1.54) is 7.11 Å². The van der Waals surface area contributed by atoms with E-state index in [0.29, 0.717) is 0 Å². The van der Waals surface area contributed by atoms with Crippen molar-refractivity contribution in [1.82, 2.24) is 5.32 Å². The van der Waals surface area contributed by atoms with Gasteiger partial charge in [-0.25, -0.2) is 0 Å². The number of methoxy groups -OCH3 is 1. The zero-order valence-electron chi connectivity index (χ0n) is 12.2. The molecule has 0 aromatic heterocycles. The molecule has 0 amide bonds. The molecule has 0 aromatic rings. The molecule has 0 heterocycles. The van der Waals surface area contributed by atoms with Crippen molar-refractivity contribution in [3.63, 3.8) is 0 Å². The highest BCUT2D eigenvalue weighted by Crippen LogP contribution is 2.19. The summed E-state index contributed by atoms with van der Waals surface area (Å²) in [7, 11) is 3.19. The lowest BCUT2D eigenvalue weighted by atomic mass is 9.95. The normalized spacial score (nSPS) is 17.9. The van der Waals surface area contributed by atoms with Gasteiger partial charge in [0.05, 0.1) is 13.2 Å². The van der Waals surface area contributed by atoms with Crippen LogP contribution < -0.4 is 5.32 Å². The van der Waals surface area contributed by atoms with Gasteiger partial charge >= 0.3 is 5.97 Å². The van der Waals surface area contributed by atoms with E-state index in [-0.39, 0.29) is 17.3 Å². The number of unbranched alkanes of at least 4 members (excludes halogenated alkanes) is 1. The molecule has 0 rings (SSSR count). The number of hydrogen-bond donors (Lipinski definition) is 2. The first-order chi connectivity index (χ1) is 8.37. The lowest BCUT2D eigenvalue weighted by Crippen LogP contribution is -2.48. The Bertz CT molecular complexity index is 248. The number of aliphatic hydroxyl groups is 1. The molecule has 4 nitrogen and oxygen atoms in total. The SMILES string of the molecule is CNC(C)(CCCCSC(C)C(C)O)C(=O)OC. The number of rotatable bonds is 9. The van der Waals surface area contributed by atoms with Gasteiger partial charge in [0, 0.05) is 5.25 Å². The standard InChI is InChI=1S/C13H27NO3S/c1-10(15)11(2)18-9-7-6-8-13(3,14-4)12(16)17-5/h10-11,14-15H,6-9H2,1-5H3. The van der Waals surface area contributed by atoms with E-state index in [9.17, 15) is 9.90 Å². The summed E-state index contributed by atoms with van der Waals surface area (Å²) in [5, 5.41) is 12.6. The second kappa shape index (κ2) is 8.77.